The molecule has 0 unspecified atom stereocenters. The van der Waals surface area contributed by atoms with Crippen LogP contribution in [0.1, 0.15) is 52.5 Å². The van der Waals surface area contributed by atoms with Gasteiger partial charge in [0.15, 0.2) is 5.56 Å². The van der Waals surface area contributed by atoms with Gasteiger partial charge in [-0.3, -0.25) is 10.1 Å². The van der Waals surface area contributed by atoms with Crippen molar-refractivity contribution in [1.82, 2.24) is 0 Å². The summed E-state index contributed by atoms with van der Waals surface area (Å²) in [5.74, 6) is -2.59. The zero-order valence-corrected chi connectivity index (χ0v) is 14.4. The molecule has 2 atom stereocenters. The fourth-order valence-electron chi connectivity index (χ4n) is 2.79. The molecule has 1 N–H and O–H groups in total. The molecule has 0 aliphatic carbocycles. The van der Waals surface area contributed by atoms with E-state index < -0.39 is 39.8 Å². The average molecular weight is 357 g/mol. The number of esters is 1. The lowest BCUT2D eigenvalue weighted by atomic mass is 9.93. The number of carbonyl (C=O) groups excluding carboxylic acids is 1. The smallest absolute Gasteiger partial charge is 0.346 e. The van der Waals surface area contributed by atoms with E-state index in [9.17, 15) is 24.8 Å². The highest BCUT2D eigenvalue weighted by atomic mass is 16.6. The second-order valence-corrected chi connectivity index (χ2v) is 5.81. The van der Waals surface area contributed by atoms with Crippen LogP contribution in [0.4, 0.5) is 5.69 Å². The molecule has 0 saturated heterocycles. The van der Waals surface area contributed by atoms with E-state index in [0.717, 1.165) is 17.7 Å². The number of carbonyl (C=O) groups is 2. The maximum absolute atomic E-state index is 12.6. The molecule has 0 radical (unpaired) electrons. The summed E-state index contributed by atoms with van der Waals surface area (Å²) in [6.07, 6.45) is -0.0727. The van der Waals surface area contributed by atoms with Gasteiger partial charge in [-0.15, -0.1) is 0 Å². The van der Waals surface area contributed by atoms with E-state index in [2.05, 4.69) is 0 Å². The first kappa shape index (κ1) is 19.1. The van der Waals surface area contributed by atoms with E-state index in [-0.39, 0.29) is 5.92 Å². The number of nitro groups is 1. The first-order chi connectivity index (χ1) is 12.4. The van der Waals surface area contributed by atoms with Gasteiger partial charge in [0.1, 0.15) is 6.10 Å². The Labute approximate surface area is 150 Å². The molecular formula is C19H19NO6. The molecule has 0 aromatic heterocycles. The Morgan fingerprint density at radius 1 is 1.15 bits per heavy atom. The van der Waals surface area contributed by atoms with Crippen molar-refractivity contribution < 1.29 is 24.4 Å². The summed E-state index contributed by atoms with van der Waals surface area (Å²) in [5, 5.41) is 20.5. The quantitative estimate of drug-likeness (QED) is 0.455. The third kappa shape index (κ3) is 4.05. The molecule has 2 aromatic carbocycles. The number of nitro benzene ring substituents is 1. The number of carboxylic acid groups (broad SMARTS) is 1. The third-order valence-corrected chi connectivity index (χ3v) is 4.22. The molecule has 0 bridgehead atoms. The van der Waals surface area contributed by atoms with Gasteiger partial charge >= 0.3 is 11.9 Å². The maximum Gasteiger partial charge on any atom is 0.346 e. The van der Waals surface area contributed by atoms with Gasteiger partial charge in [-0.05, 0) is 18.1 Å². The maximum atomic E-state index is 12.6. The molecular weight excluding hydrogens is 338 g/mol. The van der Waals surface area contributed by atoms with Gasteiger partial charge in [-0.1, -0.05) is 50.2 Å². The Bertz CT molecular complexity index is 786. The highest BCUT2D eigenvalue weighted by molar-refractivity contribution is 6.05. The topological polar surface area (TPSA) is 107 Å². The second-order valence-electron chi connectivity index (χ2n) is 5.81. The van der Waals surface area contributed by atoms with E-state index in [1.54, 1.807) is 0 Å². The molecule has 7 heteroatoms. The van der Waals surface area contributed by atoms with Gasteiger partial charge in [-0.25, -0.2) is 9.59 Å². The minimum Gasteiger partial charge on any atom is -0.478 e. The summed E-state index contributed by atoms with van der Waals surface area (Å²) < 4.78 is 5.48. The highest BCUT2D eigenvalue weighted by Gasteiger charge is 2.31. The molecule has 26 heavy (non-hydrogen) atoms. The fourth-order valence-corrected chi connectivity index (χ4v) is 2.79. The van der Waals surface area contributed by atoms with Gasteiger partial charge in [0.25, 0.3) is 5.69 Å². The van der Waals surface area contributed by atoms with Crippen molar-refractivity contribution in [1.29, 1.82) is 0 Å². The number of ether oxygens (including phenoxy) is 1. The summed E-state index contributed by atoms with van der Waals surface area (Å²) >= 11 is 0. The van der Waals surface area contributed by atoms with E-state index in [0.29, 0.717) is 6.42 Å². The predicted molar refractivity (Wildman–Crippen MR) is 94.4 cm³/mol. The van der Waals surface area contributed by atoms with Crippen LogP contribution in [0.15, 0.2) is 48.5 Å². The van der Waals surface area contributed by atoms with Crippen LogP contribution in [-0.4, -0.2) is 28.1 Å². The largest absolute Gasteiger partial charge is 0.478 e. The number of hydrogen-bond acceptors (Lipinski definition) is 5. The first-order valence-electron chi connectivity index (χ1n) is 8.13. The van der Waals surface area contributed by atoms with E-state index in [1.165, 1.54) is 6.07 Å². The van der Waals surface area contributed by atoms with Crippen molar-refractivity contribution in [3.05, 3.63) is 75.3 Å². The van der Waals surface area contributed by atoms with Crippen LogP contribution in [-0.2, 0) is 4.74 Å². The van der Waals surface area contributed by atoms with Crippen molar-refractivity contribution in [2.24, 2.45) is 0 Å². The van der Waals surface area contributed by atoms with Gasteiger partial charge in [0, 0.05) is 12.0 Å². The average Bonchev–Trinajstić information content (AvgIpc) is 2.65. The third-order valence-electron chi connectivity index (χ3n) is 4.22. The molecule has 0 fully saturated rings. The van der Waals surface area contributed by atoms with Crippen molar-refractivity contribution in [3.8, 4) is 0 Å². The standard InChI is InChI=1S/C19H19NO6/c1-3-16(12(2)13-8-5-4-6-9-13)26-19(23)17-14(18(21)22)10-7-11-15(17)20(24)25/h4-12,16H,3H2,1-2H3,(H,21,22)/t12-,16-/m0/s1. The van der Waals surface area contributed by atoms with Crippen LogP contribution in [0.3, 0.4) is 0 Å². The number of benzene rings is 2. The zero-order valence-electron chi connectivity index (χ0n) is 14.4. The Balaban J connectivity index is 2.36. The number of rotatable bonds is 7. The summed E-state index contributed by atoms with van der Waals surface area (Å²) in [7, 11) is 0. The fraction of sp³-hybridized carbons (Fsp3) is 0.263. The van der Waals surface area contributed by atoms with Crippen molar-refractivity contribution in [2.75, 3.05) is 0 Å². The first-order valence-corrected chi connectivity index (χ1v) is 8.13. The number of aromatic carboxylic acids is 1. The Kier molecular flexibility index (Phi) is 6.06. The number of carboxylic acids is 1. The van der Waals surface area contributed by atoms with Gasteiger partial charge < -0.3 is 9.84 Å². The minimum absolute atomic E-state index is 0.152. The minimum atomic E-state index is -1.43. The van der Waals surface area contributed by atoms with Gasteiger partial charge in [0.05, 0.1) is 10.5 Å². The zero-order chi connectivity index (χ0) is 19.3. The molecule has 0 saturated carbocycles. The normalized spacial score (nSPS) is 12.8. The molecule has 0 aliphatic rings. The van der Waals surface area contributed by atoms with E-state index in [1.807, 2.05) is 44.2 Å². The lowest BCUT2D eigenvalue weighted by molar-refractivity contribution is -0.385. The molecule has 0 aliphatic heterocycles. The second kappa shape index (κ2) is 8.24. The number of nitrogens with zero attached hydrogens (tertiary/aromatic N) is 1. The monoisotopic (exact) mass is 357 g/mol. The van der Waals surface area contributed by atoms with E-state index >= 15 is 0 Å². The molecule has 0 spiro atoms. The molecule has 2 aromatic rings. The van der Waals surface area contributed by atoms with Crippen molar-refractivity contribution in [2.45, 2.75) is 32.3 Å². The van der Waals surface area contributed by atoms with Gasteiger partial charge in [-0.2, -0.15) is 0 Å². The highest BCUT2D eigenvalue weighted by Crippen LogP contribution is 2.28. The van der Waals surface area contributed by atoms with Crippen LogP contribution < -0.4 is 0 Å². The Morgan fingerprint density at radius 3 is 2.35 bits per heavy atom. The van der Waals surface area contributed by atoms with E-state index in [4.69, 9.17) is 4.74 Å². The molecule has 0 heterocycles. The predicted octanol–water partition coefficient (Wildman–Crippen LogP) is 4.03. The van der Waals surface area contributed by atoms with Crippen LogP contribution >= 0.6 is 0 Å². The van der Waals surface area contributed by atoms with Crippen LogP contribution in [0.25, 0.3) is 0 Å². The van der Waals surface area contributed by atoms with Crippen molar-refractivity contribution >= 4 is 17.6 Å². The molecule has 136 valence electrons. The molecule has 0 amide bonds. The molecule has 7 nitrogen and oxygen atoms in total. The summed E-state index contributed by atoms with van der Waals surface area (Å²) in [4.78, 5) is 34.4. The van der Waals surface area contributed by atoms with Crippen LogP contribution in [0.2, 0.25) is 0 Å². The summed E-state index contributed by atoms with van der Waals surface area (Å²) in [6, 6.07) is 12.9. The lowest BCUT2D eigenvalue weighted by Crippen LogP contribution is -2.25. The van der Waals surface area contributed by atoms with Crippen LogP contribution in [0.5, 0.6) is 0 Å². The lowest BCUT2D eigenvalue weighted by Gasteiger charge is -2.23. The molecule has 2 rings (SSSR count). The Morgan fingerprint density at radius 2 is 1.81 bits per heavy atom. The van der Waals surface area contributed by atoms with Crippen LogP contribution in [0, 0.1) is 10.1 Å². The number of hydrogen-bond donors (Lipinski definition) is 1. The van der Waals surface area contributed by atoms with Crippen molar-refractivity contribution in [3.63, 3.8) is 0 Å². The Hall–Kier alpha value is -3.22. The van der Waals surface area contributed by atoms with Gasteiger partial charge in [0.2, 0.25) is 0 Å². The summed E-state index contributed by atoms with van der Waals surface area (Å²) in [6.45, 7) is 3.71. The SMILES string of the molecule is CC[C@H](OC(=O)c1c(C(=O)O)cccc1[N+](=O)[O-])[C@@H](C)c1ccccc1. The summed E-state index contributed by atoms with van der Waals surface area (Å²) in [5.41, 5.74) is -0.625.